The number of hydrogen-bond acceptors (Lipinski definition) is 6. The summed E-state index contributed by atoms with van der Waals surface area (Å²) in [6.45, 7) is 1.80. The van der Waals surface area contributed by atoms with Gasteiger partial charge < -0.3 is 23.8 Å². The second-order valence-corrected chi connectivity index (χ2v) is 8.63. The molecule has 7 heteroatoms. The first-order valence-corrected chi connectivity index (χ1v) is 11.4. The van der Waals surface area contributed by atoms with Crippen molar-refractivity contribution in [2.24, 2.45) is 0 Å². The molecule has 0 radical (unpaired) electrons. The van der Waals surface area contributed by atoms with Crippen LogP contribution in [0.2, 0.25) is 0 Å². The lowest BCUT2D eigenvalue weighted by molar-refractivity contribution is 0.0798. The van der Waals surface area contributed by atoms with Crippen LogP contribution in [-0.4, -0.2) is 51.8 Å². The summed E-state index contributed by atoms with van der Waals surface area (Å²) in [5, 5.41) is 0. The normalized spacial score (nSPS) is 12.3. The van der Waals surface area contributed by atoms with Crippen molar-refractivity contribution in [2.75, 3.05) is 41.0 Å². The van der Waals surface area contributed by atoms with Crippen molar-refractivity contribution in [1.82, 2.24) is 4.90 Å². The summed E-state index contributed by atoms with van der Waals surface area (Å²) in [6, 6.07) is 15.7. The zero-order valence-electron chi connectivity index (χ0n) is 18.6. The zero-order valence-corrected chi connectivity index (χ0v) is 19.4. The summed E-state index contributed by atoms with van der Waals surface area (Å²) in [6.07, 6.45) is 1.71. The highest BCUT2D eigenvalue weighted by atomic mass is 32.1. The summed E-state index contributed by atoms with van der Waals surface area (Å²) in [4.78, 5) is 16.4. The van der Waals surface area contributed by atoms with Crippen LogP contribution < -0.4 is 18.9 Å². The van der Waals surface area contributed by atoms with Crippen LogP contribution in [0.3, 0.4) is 0 Å². The van der Waals surface area contributed by atoms with Gasteiger partial charge in [-0.3, -0.25) is 4.79 Å². The summed E-state index contributed by atoms with van der Waals surface area (Å²) in [7, 11) is 5.11. The van der Waals surface area contributed by atoms with Gasteiger partial charge in [0.15, 0.2) is 23.0 Å². The van der Waals surface area contributed by atoms with Gasteiger partial charge in [-0.1, -0.05) is 6.07 Å². The molecule has 4 rings (SSSR count). The van der Waals surface area contributed by atoms with Gasteiger partial charge in [-0.2, -0.15) is 0 Å². The number of carbonyl (C=O) groups excluding carboxylic acids is 1. The first kappa shape index (κ1) is 22.0. The number of hydrogen-bond donors (Lipinski definition) is 0. The number of amides is 1. The third kappa shape index (κ3) is 4.83. The molecule has 2 aromatic carbocycles. The van der Waals surface area contributed by atoms with E-state index in [0.717, 1.165) is 56.7 Å². The Kier molecular flexibility index (Phi) is 6.85. The van der Waals surface area contributed by atoms with Crippen molar-refractivity contribution in [3.63, 3.8) is 0 Å². The van der Waals surface area contributed by atoms with Crippen LogP contribution in [0.25, 0.3) is 10.4 Å². The van der Waals surface area contributed by atoms with Gasteiger partial charge in [0.25, 0.3) is 5.91 Å². The Morgan fingerprint density at radius 1 is 0.969 bits per heavy atom. The first-order chi connectivity index (χ1) is 15.6. The van der Waals surface area contributed by atoms with Crippen LogP contribution in [0, 0.1) is 0 Å². The van der Waals surface area contributed by atoms with E-state index in [-0.39, 0.29) is 5.91 Å². The van der Waals surface area contributed by atoms with E-state index in [2.05, 4.69) is 0 Å². The van der Waals surface area contributed by atoms with E-state index in [9.17, 15) is 4.79 Å². The van der Waals surface area contributed by atoms with Crippen LogP contribution in [0.4, 0.5) is 0 Å². The van der Waals surface area contributed by atoms with E-state index < -0.39 is 0 Å². The SMILES string of the molecule is COc1ccc(CCCN(C)C(=O)c2ccc(-c3ccc4c(c3)OCCO4)s2)cc1OC. The van der Waals surface area contributed by atoms with E-state index in [4.69, 9.17) is 18.9 Å². The molecule has 32 heavy (non-hydrogen) atoms. The maximum absolute atomic E-state index is 12.9. The molecule has 0 fully saturated rings. The monoisotopic (exact) mass is 453 g/mol. The van der Waals surface area contributed by atoms with Gasteiger partial charge in [0, 0.05) is 18.5 Å². The van der Waals surface area contributed by atoms with Crippen LogP contribution in [0.15, 0.2) is 48.5 Å². The second kappa shape index (κ2) is 9.96. The predicted molar refractivity (Wildman–Crippen MR) is 126 cm³/mol. The maximum atomic E-state index is 12.9. The van der Waals surface area contributed by atoms with Crippen molar-refractivity contribution in [3.05, 3.63) is 59.0 Å². The predicted octanol–water partition coefficient (Wildman–Crippen LogP) is 4.91. The molecular weight excluding hydrogens is 426 g/mol. The molecule has 0 unspecified atom stereocenters. The summed E-state index contributed by atoms with van der Waals surface area (Å²) in [5.41, 5.74) is 2.18. The zero-order chi connectivity index (χ0) is 22.5. The second-order valence-electron chi connectivity index (χ2n) is 7.54. The lowest BCUT2D eigenvalue weighted by Crippen LogP contribution is -2.27. The van der Waals surface area contributed by atoms with Gasteiger partial charge in [0.1, 0.15) is 13.2 Å². The van der Waals surface area contributed by atoms with Gasteiger partial charge in [-0.05, 0) is 66.4 Å². The van der Waals surface area contributed by atoms with Crippen molar-refractivity contribution in [1.29, 1.82) is 0 Å². The molecule has 0 saturated heterocycles. The molecule has 0 aliphatic carbocycles. The molecule has 0 bridgehead atoms. The maximum Gasteiger partial charge on any atom is 0.263 e. The summed E-state index contributed by atoms with van der Waals surface area (Å²) in [5.74, 6) is 2.99. The number of fused-ring (bicyclic) bond motifs is 1. The third-order valence-electron chi connectivity index (χ3n) is 5.40. The number of benzene rings is 2. The Hall–Kier alpha value is -3.19. The Morgan fingerprint density at radius 2 is 1.75 bits per heavy atom. The van der Waals surface area contributed by atoms with Crippen LogP contribution >= 0.6 is 11.3 Å². The van der Waals surface area contributed by atoms with Crippen molar-refractivity contribution in [3.8, 4) is 33.4 Å². The minimum atomic E-state index is 0.0334. The molecule has 0 atom stereocenters. The number of thiophene rings is 1. The van der Waals surface area contributed by atoms with E-state index in [1.807, 2.05) is 55.6 Å². The van der Waals surface area contributed by atoms with Crippen molar-refractivity contribution < 1.29 is 23.7 Å². The lowest BCUT2D eigenvalue weighted by Gasteiger charge is -2.18. The molecule has 1 aliphatic rings. The van der Waals surface area contributed by atoms with E-state index in [1.165, 1.54) is 11.3 Å². The van der Waals surface area contributed by atoms with Crippen LogP contribution in [-0.2, 0) is 6.42 Å². The molecule has 1 aliphatic heterocycles. The number of rotatable bonds is 8. The number of nitrogens with zero attached hydrogens (tertiary/aromatic N) is 1. The molecule has 0 saturated carbocycles. The number of methoxy groups -OCH3 is 2. The van der Waals surface area contributed by atoms with E-state index in [0.29, 0.717) is 19.8 Å². The minimum Gasteiger partial charge on any atom is -0.493 e. The molecule has 0 N–H and O–H groups in total. The smallest absolute Gasteiger partial charge is 0.263 e. The summed E-state index contributed by atoms with van der Waals surface area (Å²) >= 11 is 1.49. The Bertz CT molecular complexity index is 1090. The molecule has 2 heterocycles. The van der Waals surface area contributed by atoms with E-state index in [1.54, 1.807) is 19.1 Å². The molecular formula is C25H27NO5S. The highest BCUT2D eigenvalue weighted by Gasteiger charge is 2.17. The van der Waals surface area contributed by atoms with E-state index >= 15 is 0 Å². The molecule has 6 nitrogen and oxygen atoms in total. The van der Waals surface area contributed by atoms with Gasteiger partial charge >= 0.3 is 0 Å². The molecule has 1 amide bonds. The highest BCUT2D eigenvalue weighted by molar-refractivity contribution is 7.17. The molecule has 0 spiro atoms. The average Bonchev–Trinajstić information content (AvgIpc) is 3.33. The highest BCUT2D eigenvalue weighted by Crippen LogP contribution is 2.37. The fourth-order valence-corrected chi connectivity index (χ4v) is 4.65. The Balaban J connectivity index is 1.35. The van der Waals surface area contributed by atoms with Crippen LogP contribution in [0.1, 0.15) is 21.7 Å². The fraction of sp³-hybridized carbons (Fsp3) is 0.320. The number of aryl methyl sites for hydroxylation is 1. The fourth-order valence-electron chi connectivity index (χ4n) is 3.65. The first-order valence-electron chi connectivity index (χ1n) is 10.6. The largest absolute Gasteiger partial charge is 0.493 e. The van der Waals surface area contributed by atoms with Gasteiger partial charge in [0.05, 0.1) is 19.1 Å². The van der Waals surface area contributed by atoms with Gasteiger partial charge in [0.2, 0.25) is 0 Å². The van der Waals surface area contributed by atoms with Crippen molar-refractivity contribution >= 4 is 17.2 Å². The third-order valence-corrected chi connectivity index (χ3v) is 6.52. The molecule has 3 aromatic rings. The minimum absolute atomic E-state index is 0.0334. The van der Waals surface area contributed by atoms with Gasteiger partial charge in [-0.15, -0.1) is 11.3 Å². The van der Waals surface area contributed by atoms with Crippen molar-refractivity contribution in [2.45, 2.75) is 12.8 Å². The van der Waals surface area contributed by atoms with Gasteiger partial charge in [-0.25, -0.2) is 0 Å². The van der Waals surface area contributed by atoms with Crippen LogP contribution in [0.5, 0.6) is 23.0 Å². The Labute approximate surface area is 192 Å². The Morgan fingerprint density at radius 3 is 2.53 bits per heavy atom. The standard InChI is InChI=1S/C25H27NO5S/c1-26(12-4-5-17-6-8-19(28-2)21(15-17)29-3)25(27)24-11-10-23(32-24)18-7-9-20-22(16-18)31-14-13-30-20/h6-11,15-16H,4-5,12-14H2,1-3H3. The number of ether oxygens (including phenoxy) is 4. The summed E-state index contributed by atoms with van der Waals surface area (Å²) < 4.78 is 21.9. The quantitative estimate of drug-likeness (QED) is 0.485. The number of carbonyl (C=O) groups is 1. The molecule has 1 aromatic heterocycles. The lowest BCUT2D eigenvalue weighted by atomic mass is 10.1. The topological polar surface area (TPSA) is 57.2 Å². The molecule has 168 valence electrons. The average molecular weight is 454 g/mol.